The molecule has 1 N–H and O–H groups in total. The van der Waals surface area contributed by atoms with Crippen molar-refractivity contribution in [2.45, 2.75) is 32.1 Å². The van der Waals surface area contributed by atoms with Crippen LogP contribution in [0.5, 0.6) is 0 Å². The van der Waals surface area contributed by atoms with Crippen LogP contribution in [0.2, 0.25) is 0 Å². The van der Waals surface area contributed by atoms with Crippen molar-refractivity contribution < 1.29 is 0 Å². The number of benzene rings is 2. The van der Waals surface area contributed by atoms with Crippen LogP contribution >= 0.6 is 0 Å². The van der Waals surface area contributed by atoms with Crippen LogP contribution in [0.1, 0.15) is 41.9 Å². The number of pyridine rings is 1. The Labute approximate surface area is 164 Å². The lowest BCUT2D eigenvalue weighted by Crippen LogP contribution is -1.97. The molecule has 3 nitrogen and oxygen atoms in total. The monoisotopic (exact) mass is 365 g/mol. The zero-order valence-electron chi connectivity index (χ0n) is 16.0. The number of hydrogen-bond donors (Lipinski definition) is 1. The molecule has 1 atom stereocenters. The highest BCUT2D eigenvalue weighted by molar-refractivity contribution is 5.87. The third kappa shape index (κ3) is 3.03. The second kappa shape index (κ2) is 7.08. The highest BCUT2D eigenvalue weighted by atomic mass is 14.9. The maximum absolute atomic E-state index is 4.95. The number of para-hydroxylation sites is 1. The number of allylic oxidation sites excluding steroid dienone is 3. The van der Waals surface area contributed by atoms with Crippen molar-refractivity contribution in [3.05, 3.63) is 89.4 Å². The van der Waals surface area contributed by atoms with Gasteiger partial charge in [0.25, 0.3) is 0 Å². The summed E-state index contributed by atoms with van der Waals surface area (Å²) in [5, 5.41) is 1.18. The van der Waals surface area contributed by atoms with Crippen LogP contribution in [0.15, 0.2) is 66.8 Å². The van der Waals surface area contributed by atoms with Crippen LogP contribution in [-0.2, 0) is 12.8 Å². The molecule has 0 saturated heterocycles. The molecule has 0 aliphatic heterocycles. The summed E-state index contributed by atoms with van der Waals surface area (Å²) in [5.41, 5.74) is 6.97. The Bertz CT molecular complexity index is 1210. The van der Waals surface area contributed by atoms with Gasteiger partial charge in [-0.1, -0.05) is 61.6 Å². The molecule has 0 bridgehead atoms. The normalized spacial score (nSPS) is 15.8. The predicted molar refractivity (Wildman–Crippen MR) is 116 cm³/mol. The van der Waals surface area contributed by atoms with Crippen molar-refractivity contribution in [3.8, 4) is 0 Å². The van der Waals surface area contributed by atoms with Crippen LogP contribution in [-0.4, -0.2) is 15.0 Å². The minimum absolute atomic E-state index is 0.455. The van der Waals surface area contributed by atoms with Crippen molar-refractivity contribution in [1.82, 2.24) is 15.0 Å². The van der Waals surface area contributed by atoms with E-state index in [1.165, 1.54) is 16.5 Å². The third-order valence-corrected chi connectivity index (χ3v) is 5.61. The lowest BCUT2D eigenvalue weighted by Gasteiger charge is -2.13. The largest absolute Gasteiger partial charge is 0.342 e. The quantitative estimate of drug-likeness (QED) is 0.484. The molecule has 0 spiro atoms. The number of aromatic nitrogens is 3. The summed E-state index contributed by atoms with van der Waals surface area (Å²) in [7, 11) is 0. The SMILES string of the molecule is CCC1C=CC=Cc2c1ccc1[nH]c(CCc3ccc4ccccc4n3)nc21. The number of nitrogens with zero attached hydrogens (tertiary/aromatic N) is 2. The molecular formula is C25H23N3. The molecule has 1 unspecified atom stereocenters. The van der Waals surface area contributed by atoms with Gasteiger partial charge in [0.2, 0.25) is 0 Å². The molecule has 2 aromatic carbocycles. The summed E-state index contributed by atoms with van der Waals surface area (Å²) in [6, 6.07) is 17.0. The Morgan fingerprint density at radius 1 is 0.929 bits per heavy atom. The highest BCUT2D eigenvalue weighted by Gasteiger charge is 2.16. The molecule has 3 heteroatoms. The first-order chi connectivity index (χ1) is 13.8. The van der Waals surface area contributed by atoms with Crippen LogP contribution in [0.25, 0.3) is 28.0 Å². The second-order valence-electron chi connectivity index (χ2n) is 7.40. The average molecular weight is 365 g/mol. The fourth-order valence-electron chi connectivity index (χ4n) is 4.08. The van der Waals surface area contributed by atoms with E-state index in [1.54, 1.807) is 0 Å². The van der Waals surface area contributed by atoms with E-state index in [2.05, 4.69) is 72.6 Å². The lowest BCUT2D eigenvalue weighted by atomic mass is 9.92. The van der Waals surface area contributed by atoms with Gasteiger partial charge in [0.15, 0.2) is 0 Å². The van der Waals surface area contributed by atoms with Gasteiger partial charge in [0, 0.05) is 29.0 Å². The van der Waals surface area contributed by atoms with Crippen molar-refractivity contribution in [2.75, 3.05) is 0 Å². The molecule has 0 amide bonds. The van der Waals surface area contributed by atoms with Crippen LogP contribution < -0.4 is 0 Å². The van der Waals surface area contributed by atoms with Crippen molar-refractivity contribution in [3.63, 3.8) is 0 Å². The number of H-pyrrole nitrogens is 1. The zero-order chi connectivity index (χ0) is 18.9. The Kier molecular flexibility index (Phi) is 4.28. The fourth-order valence-corrected chi connectivity index (χ4v) is 4.08. The summed E-state index contributed by atoms with van der Waals surface area (Å²) in [5.74, 6) is 1.48. The van der Waals surface area contributed by atoms with Gasteiger partial charge in [0.1, 0.15) is 5.82 Å². The van der Waals surface area contributed by atoms with Gasteiger partial charge in [-0.2, -0.15) is 0 Å². The van der Waals surface area contributed by atoms with Gasteiger partial charge in [-0.15, -0.1) is 0 Å². The molecule has 2 aromatic heterocycles. The van der Waals surface area contributed by atoms with E-state index in [1.807, 2.05) is 12.1 Å². The van der Waals surface area contributed by atoms with Crippen molar-refractivity contribution in [2.24, 2.45) is 0 Å². The summed E-state index contributed by atoms with van der Waals surface area (Å²) < 4.78 is 0. The van der Waals surface area contributed by atoms with E-state index in [0.29, 0.717) is 5.92 Å². The molecule has 0 fully saturated rings. The van der Waals surface area contributed by atoms with Gasteiger partial charge >= 0.3 is 0 Å². The smallest absolute Gasteiger partial charge is 0.107 e. The molecule has 0 saturated carbocycles. The number of imidazole rings is 1. The zero-order valence-corrected chi connectivity index (χ0v) is 16.0. The van der Waals surface area contributed by atoms with E-state index in [0.717, 1.165) is 47.3 Å². The summed E-state index contributed by atoms with van der Waals surface area (Å²) in [4.78, 5) is 13.3. The first-order valence-corrected chi connectivity index (χ1v) is 10.0. The average Bonchev–Trinajstić information content (AvgIpc) is 3.04. The van der Waals surface area contributed by atoms with Gasteiger partial charge in [-0.25, -0.2) is 4.98 Å². The standard InChI is InChI=1S/C25H23N3/c1-2-17-7-3-5-9-21-20(17)14-15-23-25(21)28-24(27-23)16-13-19-12-11-18-8-4-6-10-22(18)26-19/h3-12,14-15,17H,2,13,16H2,1H3,(H,27,28). The Hall–Kier alpha value is -3.20. The summed E-state index contributed by atoms with van der Waals surface area (Å²) in [6.45, 7) is 2.24. The van der Waals surface area contributed by atoms with Gasteiger partial charge in [-0.3, -0.25) is 4.98 Å². The Morgan fingerprint density at radius 3 is 2.79 bits per heavy atom. The third-order valence-electron chi connectivity index (χ3n) is 5.61. The molecule has 1 aliphatic rings. The molecule has 28 heavy (non-hydrogen) atoms. The highest BCUT2D eigenvalue weighted by Crippen LogP contribution is 2.32. The van der Waals surface area contributed by atoms with Crippen LogP contribution in [0, 0.1) is 0 Å². The maximum atomic E-state index is 4.95. The number of fused-ring (bicyclic) bond motifs is 4. The summed E-state index contributed by atoms with van der Waals surface area (Å²) >= 11 is 0. The lowest BCUT2D eigenvalue weighted by molar-refractivity contribution is 0.806. The number of rotatable bonds is 4. The van der Waals surface area contributed by atoms with E-state index < -0.39 is 0 Å². The first-order valence-electron chi connectivity index (χ1n) is 10.0. The maximum Gasteiger partial charge on any atom is 0.107 e. The molecule has 1 aliphatic carbocycles. The van der Waals surface area contributed by atoms with Crippen molar-refractivity contribution in [1.29, 1.82) is 0 Å². The topological polar surface area (TPSA) is 41.6 Å². The molecule has 4 aromatic rings. The second-order valence-corrected chi connectivity index (χ2v) is 7.40. The predicted octanol–water partition coefficient (Wildman–Crippen LogP) is 5.97. The molecular weight excluding hydrogens is 342 g/mol. The molecule has 138 valence electrons. The van der Waals surface area contributed by atoms with Gasteiger partial charge < -0.3 is 4.98 Å². The minimum atomic E-state index is 0.455. The van der Waals surface area contributed by atoms with Crippen LogP contribution in [0.3, 0.4) is 0 Å². The van der Waals surface area contributed by atoms with Gasteiger partial charge in [-0.05, 0) is 36.6 Å². The van der Waals surface area contributed by atoms with E-state index in [4.69, 9.17) is 9.97 Å². The fraction of sp³-hybridized carbons (Fsp3) is 0.200. The summed E-state index contributed by atoms with van der Waals surface area (Å²) in [6.07, 6.45) is 11.6. The van der Waals surface area contributed by atoms with E-state index in [-0.39, 0.29) is 0 Å². The molecule has 2 heterocycles. The van der Waals surface area contributed by atoms with Gasteiger partial charge in [0.05, 0.1) is 16.6 Å². The Morgan fingerprint density at radius 2 is 1.86 bits per heavy atom. The Balaban J connectivity index is 1.44. The van der Waals surface area contributed by atoms with Crippen molar-refractivity contribution >= 4 is 28.0 Å². The first kappa shape index (κ1) is 16.9. The number of aryl methyl sites for hydroxylation is 2. The minimum Gasteiger partial charge on any atom is -0.342 e. The number of nitrogens with one attached hydrogen (secondary N) is 1. The number of hydrogen-bond acceptors (Lipinski definition) is 2. The van der Waals surface area contributed by atoms with E-state index in [9.17, 15) is 0 Å². The number of aromatic amines is 1. The molecule has 5 rings (SSSR count). The van der Waals surface area contributed by atoms with Crippen LogP contribution in [0.4, 0.5) is 0 Å². The van der Waals surface area contributed by atoms with E-state index >= 15 is 0 Å². The molecule has 0 radical (unpaired) electrons.